The van der Waals surface area contributed by atoms with Gasteiger partial charge in [-0.3, -0.25) is 4.55 Å². The summed E-state index contributed by atoms with van der Waals surface area (Å²) in [5.74, 6) is 0.465. The van der Waals surface area contributed by atoms with Crippen LogP contribution in [0.2, 0.25) is 0 Å². The summed E-state index contributed by atoms with van der Waals surface area (Å²) in [7, 11) is -4.39. The fraction of sp³-hybridized carbons (Fsp3) is 0.333. The van der Waals surface area contributed by atoms with Crippen LogP contribution in [0.4, 0.5) is 0 Å². The molecule has 0 amide bonds. The first-order chi connectivity index (χ1) is 11.4. The number of rotatable bonds is 8. The van der Waals surface area contributed by atoms with E-state index >= 15 is 0 Å². The molecule has 5 nitrogen and oxygen atoms in total. The van der Waals surface area contributed by atoms with Gasteiger partial charge in [0.1, 0.15) is 5.75 Å². The van der Waals surface area contributed by atoms with E-state index in [1.807, 2.05) is 6.07 Å². The minimum Gasteiger partial charge on any atom is -0.504 e. The van der Waals surface area contributed by atoms with E-state index in [2.05, 4.69) is 6.92 Å². The van der Waals surface area contributed by atoms with Gasteiger partial charge in [0.15, 0.2) is 11.5 Å². The number of phenolic OH excluding ortho intramolecular Hbond substituents is 1. The summed E-state index contributed by atoms with van der Waals surface area (Å²) in [4.78, 5) is -0.328. The molecule has 0 saturated heterocycles. The van der Waals surface area contributed by atoms with Crippen molar-refractivity contribution >= 4 is 10.1 Å². The van der Waals surface area contributed by atoms with Gasteiger partial charge in [0.05, 0.1) is 4.90 Å². The van der Waals surface area contributed by atoms with Crippen molar-refractivity contribution in [2.45, 2.75) is 43.9 Å². The third kappa shape index (κ3) is 4.97. The molecule has 0 aliphatic rings. The first kappa shape index (κ1) is 18.3. The molecule has 0 atom stereocenters. The maximum absolute atomic E-state index is 11.4. The Balaban J connectivity index is 2.35. The number of unbranched alkanes of at least 4 members (excludes halogenated alkanes) is 3. The van der Waals surface area contributed by atoms with Crippen LogP contribution in [-0.2, 0) is 16.5 Å². The summed E-state index contributed by atoms with van der Waals surface area (Å²) in [6, 6.07) is 11.3. The Morgan fingerprint density at radius 2 is 1.75 bits per heavy atom. The van der Waals surface area contributed by atoms with Crippen LogP contribution < -0.4 is 4.74 Å². The van der Waals surface area contributed by atoms with Crippen molar-refractivity contribution in [1.29, 1.82) is 0 Å². The Labute approximate surface area is 142 Å². The molecule has 2 N–H and O–H groups in total. The van der Waals surface area contributed by atoms with E-state index in [4.69, 9.17) is 4.74 Å². The second-order valence-electron chi connectivity index (χ2n) is 5.63. The van der Waals surface area contributed by atoms with Crippen molar-refractivity contribution < 1.29 is 22.8 Å². The molecular formula is C18H22O5S. The smallest absolute Gasteiger partial charge is 0.294 e. The minimum atomic E-state index is -4.39. The van der Waals surface area contributed by atoms with Gasteiger partial charge in [-0.1, -0.05) is 44.4 Å². The SMILES string of the molecule is CCCCCCc1cc(S(=O)(=O)O)cc(O)c1Oc1ccccc1. The maximum atomic E-state index is 11.4. The molecule has 0 saturated carbocycles. The zero-order chi connectivity index (χ0) is 17.6. The zero-order valence-corrected chi connectivity index (χ0v) is 14.4. The predicted octanol–water partition coefficient (Wildman–Crippen LogP) is 4.55. The molecule has 2 aromatic rings. The molecule has 130 valence electrons. The number of para-hydroxylation sites is 1. The lowest BCUT2D eigenvalue weighted by atomic mass is 10.0. The Bertz CT molecular complexity index is 769. The van der Waals surface area contributed by atoms with Crippen LogP contribution >= 0.6 is 0 Å². The molecular weight excluding hydrogens is 328 g/mol. The average molecular weight is 350 g/mol. The molecule has 0 aliphatic heterocycles. The number of aryl methyl sites for hydroxylation is 1. The Hall–Kier alpha value is -2.05. The highest BCUT2D eigenvalue weighted by atomic mass is 32.2. The zero-order valence-electron chi connectivity index (χ0n) is 13.6. The van der Waals surface area contributed by atoms with Crippen LogP contribution in [0.3, 0.4) is 0 Å². The lowest BCUT2D eigenvalue weighted by Crippen LogP contribution is -2.01. The van der Waals surface area contributed by atoms with Crippen molar-refractivity contribution in [3.05, 3.63) is 48.0 Å². The van der Waals surface area contributed by atoms with Crippen molar-refractivity contribution in [2.75, 3.05) is 0 Å². The number of benzene rings is 2. The average Bonchev–Trinajstić information content (AvgIpc) is 2.54. The van der Waals surface area contributed by atoms with E-state index in [1.54, 1.807) is 24.3 Å². The molecule has 0 heterocycles. The third-order valence-corrected chi connectivity index (χ3v) is 4.51. The summed E-state index contributed by atoms with van der Waals surface area (Å²) in [5, 5.41) is 10.2. The van der Waals surface area contributed by atoms with Gasteiger partial charge in [-0.15, -0.1) is 0 Å². The van der Waals surface area contributed by atoms with Gasteiger partial charge in [0.2, 0.25) is 0 Å². The van der Waals surface area contributed by atoms with Gasteiger partial charge in [-0.2, -0.15) is 8.42 Å². The van der Waals surface area contributed by atoms with Crippen molar-refractivity contribution in [2.24, 2.45) is 0 Å². The van der Waals surface area contributed by atoms with E-state index in [0.29, 0.717) is 17.7 Å². The molecule has 6 heteroatoms. The summed E-state index contributed by atoms with van der Waals surface area (Å²) in [6.45, 7) is 2.11. The number of hydrogen-bond donors (Lipinski definition) is 2. The third-order valence-electron chi connectivity index (χ3n) is 3.68. The molecule has 2 rings (SSSR count). The Morgan fingerprint density at radius 3 is 2.38 bits per heavy atom. The standard InChI is InChI=1S/C18H22O5S/c1-2-3-4-6-9-14-12-16(24(20,21)22)13-17(19)18(14)23-15-10-7-5-8-11-15/h5,7-8,10-13,19H,2-4,6,9H2,1H3,(H,20,21,22). The Morgan fingerprint density at radius 1 is 1.04 bits per heavy atom. The summed E-state index contributed by atoms with van der Waals surface area (Å²) in [6.07, 6.45) is 4.56. The van der Waals surface area contributed by atoms with Gasteiger partial charge in [0, 0.05) is 11.6 Å². The van der Waals surface area contributed by atoms with Crippen molar-refractivity contribution in [1.82, 2.24) is 0 Å². The highest BCUT2D eigenvalue weighted by Gasteiger charge is 2.18. The molecule has 0 aromatic heterocycles. The van der Waals surface area contributed by atoms with Gasteiger partial charge in [-0.25, -0.2) is 0 Å². The van der Waals surface area contributed by atoms with Crippen LogP contribution in [-0.4, -0.2) is 18.1 Å². The first-order valence-electron chi connectivity index (χ1n) is 7.98. The molecule has 0 radical (unpaired) electrons. The van der Waals surface area contributed by atoms with Crippen LogP contribution in [0.15, 0.2) is 47.4 Å². The van der Waals surface area contributed by atoms with Gasteiger partial charge >= 0.3 is 0 Å². The van der Waals surface area contributed by atoms with E-state index in [9.17, 15) is 18.1 Å². The summed E-state index contributed by atoms with van der Waals surface area (Å²) in [5.41, 5.74) is 0.558. The van der Waals surface area contributed by atoms with Crippen LogP contribution in [0.25, 0.3) is 0 Å². The first-order valence-corrected chi connectivity index (χ1v) is 9.42. The summed E-state index contributed by atoms with van der Waals surface area (Å²) < 4.78 is 37.8. The fourth-order valence-corrected chi connectivity index (χ4v) is 3.00. The minimum absolute atomic E-state index is 0.227. The second kappa shape index (κ2) is 8.17. The molecule has 0 bridgehead atoms. The van der Waals surface area contributed by atoms with Gasteiger partial charge in [-0.05, 0) is 31.0 Å². The lowest BCUT2D eigenvalue weighted by Gasteiger charge is -2.14. The molecule has 2 aromatic carbocycles. The van der Waals surface area contributed by atoms with Crippen LogP contribution in [0.1, 0.15) is 38.2 Å². The number of aromatic hydroxyl groups is 1. The fourth-order valence-electron chi connectivity index (χ4n) is 2.44. The normalized spacial score (nSPS) is 11.4. The lowest BCUT2D eigenvalue weighted by molar-refractivity contribution is 0.404. The topological polar surface area (TPSA) is 83.8 Å². The van der Waals surface area contributed by atoms with E-state index in [1.165, 1.54) is 6.07 Å². The quantitative estimate of drug-likeness (QED) is 0.539. The van der Waals surface area contributed by atoms with Crippen molar-refractivity contribution in [3.8, 4) is 17.2 Å². The van der Waals surface area contributed by atoms with E-state index in [-0.39, 0.29) is 16.4 Å². The van der Waals surface area contributed by atoms with Gasteiger partial charge < -0.3 is 9.84 Å². The monoisotopic (exact) mass is 350 g/mol. The van der Waals surface area contributed by atoms with E-state index < -0.39 is 10.1 Å². The maximum Gasteiger partial charge on any atom is 0.294 e. The van der Waals surface area contributed by atoms with Crippen LogP contribution in [0.5, 0.6) is 17.2 Å². The number of ether oxygens (including phenoxy) is 1. The molecule has 24 heavy (non-hydrogen) atoms. The summed E-state index contributed by atoms with van der Waals surface area (Å²) >= 11 is 0. The van der Waals surface area contributed by atoms with Crippen LogP contribution in [0, 0.1) is 0 Å². The highest BCUT2D eigenvalue weighted by molar-refractivity contribution is 7.85. The molecule has 0 aliphatic carbocycles. The number of hydrogen-bond acceptors (Lipinski definition) is 4. The Kier molecular flexibility index (Phi) is 6.23. The molecule has 0 unspecified atom stereocenters. The predicted molar refractivity (Wildman–Crippen MR) is 92.3 cm³/mol. The second-order valence-corrected chi connectivity index (χ2v) is 7.05. The number of phenols is 1. The van der Waals surface area contributed by atoms with Crippen molar-refractivity contribution in [3.63, 3.8) is 0 Å². The molecule has 0 fully saturated rings. The largest absolute Gasteiger partial charge is 0.504 e. The highest BCUT2D eigenvalue weighted by Crippen LogP contribution is 2.37. The van der Waals surface area contributed by atoms with E-state index in [0.717, 1.165) is 31.7 Å². The van der Waals surface area contributed by atoms with Gasteiger partial charge in [0.25, 0.3) is 10.1 Å². The molecule has 0 spiro atoms.